The van der Waals surface area contributed by atoms with Crippen LogP contribution in [0.15, 0.2) is 53.9 Å². The summed E-state index contributed by atoms with van der Waals surface area (Å²) in [5.74, 6) is -1.35. The summed E-state index contributed by atoms with van der Waals surface area (Å²) in [4.78, 5) is 31.2. The molecule has 142 valence electrons. The highest BCUT2D eigenvalue weighted by molar-refractivity contribution is 7.13. The molecule has 1 aliphatic heterocycles. The van der Waals surface area contributed by atoms with Gasteiger partial charge in [0.2, 0.25) is 0 Å². The summed E-state index contributed by atoms with van der Waals surface area (Å²) >= 11 is 1.23. The lowest BCUT2D eigenvalue weighted by atomic mass is 9.90. The molecule has 1 atom stereocenters. The lowest BCUT2D eigenvalue weighted by Crippen LogP contribution is -2.38. The van der Waals surface area contributed by atoms with Gasteiger partial charge >= 0.3 is 5.97 Å². The number of ether oxygens (including phenoxy) is 1. The van der Waals surface area contributed by atoms with E-state index in [1.54, 1.807) is 28.5 Å². The number of methoxy groups -OCH3 is 1. The summed E-state index contributed by atoms with van der Waals surface area (Å²) in [5, 5.41) is 2.10. The first-order valence-electron chi connectivity index (χ1n) is 8.79. The fourth-order valence-corrected chi connectivity index (χ4v) is 4.25. The van der Waals surface area contributed by atoms with Crippen molar-refractivity contribution in [3.63, 3.8) is 0 Å². The maximum Gasteiger partial charge on any atom is 0.313 e. The molecule has 2 aromatic carbocycles. The summed E-state index contributed by atoms with van der Waals surface area (Å²) in [6.07, 6.45) is 0.472. The maximum absolute atomic E-state index is 14.0. The van der Waals surface area contributed by atoms with Crippen molar-refractivity contribution in [1.29, 1.82) is 0 Å². The SMILES string of the molecule is COC(=O)C1CCN(C(=O)c2csc(-c3ccccc3F)n2)c2ccccc21. The molecule has 0 aliphatic carbocycles. The van der Waals surface area contributed by atoms with Gasteiger partial charge in [0.15, 0.2) is 0 Å². The Morgan fingerprint density at radius 1 is 1.18 bits per heavy atom. The number of rotatable bonds is 3. The number of aromatic nitrogens is 1. The molecule has 1 aliphatic rings. The summed E-state index contributed by atoms with van der Waals surface area (Å²) < 4.78 is 18.9. The standard InChI is InChI=1S/C21H17FN2O3S/c1-27-21(26)14-10-11-24(18-9-5-3-6-13(14)18)20(25)17-12-28-19(23-17)15-7-2-4-8-16(15)22/h2-9,12,14H,10-11H2,1H3. The number of halogens is 1. The van der Waals surface area contributed by atoms with Crippen molar-refractivity contribution < 1.29 is 18.7 Å². The Morgan fingerprint density at radius 3 is 2.71 bits per heavy atom. The molecule has 3 aromatic rings. The number of fused-ring (bicyclic) bond motifs is 1. The Kier molecular flexibility index (Phi) is 4.92. The number of amides is 1. The van der Waals surface area contributed by atoms with Gasteiger partial charge in [0.25, 0.3) is 5.91 Å². The molecule has 1 unspecified atom stereocenters. The van der Waals surface area contributed by atoms with Crippen LogP contribution < -0.4 is 4.90 Å². The van der Waals surface area contributed by atoms with E-state index in [9.17, 15) is 14.0 Å². The van der Waals surface area contributed by atoms with Gasteiger partial charge in [0.05, 0.1) is 13.0 Å². The maximum atomic E-state index is 14.0. The lowest BCUT2D eigenvalue weighted by Gasteiger charge is -2.32. The van der Waals surface area contributed by atoms with Gasteiger partial charge in [-0.05, 0) is 30.2 Å². The molecule has 1 amide bonds. The van der Waals surface area contributed by atoms with E-state index in [4.69, 9.17) is 4.74 Å². The molecule has 0 saturated carbocycles. The first-order valence-corrected chi connectivity index (χ1v) is 9.67. The molecule has 4 rings (SSSR count). The van der Waals surface area contributed by atoms with E-state index in [-0.39, 0.29) is 23.4 Å². The van der Waals surface area contributed by atoms with Gasteiger partial charge < -0.3 is 9.64 Å². The predicted octanol–water partition coefficient (Wildman–Crippen LogP) is 4.26. The first kappa shape index (κ1) is 18.3. The number of nitrogens with zero attached hydrogens (tertiary/aromatic N) is 2. The zero-order chi connectivity index (χ0) is 19.7. The van der Waals surface area contributed by atoms with Gasteiger partial charge in [-0.15, -0.1) is 11.3 Å². The van der Waals surface area contributed by atoms with Crippen molar-refractivity contribution in [2.45, 2.75) is 12.3 Å². The second-order valence-corrected chi connectivity index (χ2v) is 7.26. The van der Waals surface area contributed by atoms with Gasteiger partial charge in [-0.1, -0.05) is 30.3 Å². The molecular weight excluding hydrogens is 379 g/mol. The highest BCUT2D eigenvalue weighted by Gasteiger charge is 2.34. The number of anilines is 1. The largest absolute Gasteiger partial charge is 0.469 e. The third-order valence-electron chi connectivity index (χ3n) is 4.80. The zero-order valence-corrected chi connectivity index (χ0v) is 15.9. The van der Waals surface area contributed by atoms with Gasteiger partial charge in [0.1, 0.15) is 16.5 Å². The van der Waals surface area contributed by atoms with Crippen molar-refractivity contribution in [3.05, 3.63) is 71.0 Å². The molecule has 0 saturated heterocycles. The molecule has 28 heavy (non-hydrogen) atoms. The quantitative estimate of drug-likeness (QED) is 0.621. The van der Waals surface area contributed by atoms with Crippen molar-refractivity contribution in [2.75, 3.05) is 18.6 Å². The second kappa shape index (κ2) is 7.52. The Hall–Kier alpha value is -3.06. The topological polar surface area (TPSA) is 59.5 Å². The first-order chi connectivity index (χ1) is 13.6. The van der Waals surface area contributed by atoms with Crippen LogP contribution in [0.3, 0.4) is 0 Å². The van der Waals surface area contributed by atoms with Crippen LogP contribution in [0.4, 0.5) is 10.1 Å². The summed E-state index contributed by atoms with van der Waals surface area (Å²) in [7, 11) is 1.36. The van der Waals surface area contributed by atoms with E-state index in [0.29, 0.717) is 29.2 Å². The van der Waals surface area contributed by atoms with Crippen molar-refractivity contribution in [3.8, 4) is 10.6 Å². The number of thiazole rings is 1. The van der Waals surface area contributed by atoms with Crippen LogP contribution in [-0.2, 0) is 9.53 Å². The normalized spacial score (nSPS) is 15.8. The number of carbonyl (C=O) groups excluding carboxylic acids is 2. The molecule has 1 aromatic heterocycles. The van der Waals surface area contributed by atoms with Crippen LogP contribution in [0.1, 0.15) is 28.4 Å². The number of hydrogen-bond acceptors (Lipinski definition) is 5. The Bertz CT molecular complexity index is 1050. The molecule has 0 radical (unpaired) electrons. The van der Waals surface area contributed by atoms with E-state index < -0.39 is 5.92 Å². The minimum absolute atomic E-state index is 0.259. The molecule has 7 heteroatoms. The molecule has 0 fully saturated rings. The fraction of sp³-hybridized carbons (Fsp3) is 0.190. The third-order valence-corrected chi connectivity index (χ3v) is 5.68. The van der Waals surface area contributed by atoms with Gasteiger partial charge in [-0.25, -0.2) is 9.37 Å². The van der Waals surface area contributed by atoms with Crippen molar-refractivity contribution in [1.82, 2.24) is 4.98 Å². The van der Waals surface area contributed by atoms with Crippen LogP contribution in [0.2, 0.25) is 0 Å². The van der Waals surface area contributed by atoms with E-state index in [1.807, 2.05) is 24.3 Å². The summed E-state index contributed by atoms with van der Waals surface area (Å²) in [6.45, 7) is 0.377. The smallest absolute Gasteiger partial charge is 0.313 e. The van der Waals surface area contributed by atoms with Crippen LogP contribution in [0, 0.1) is 5.82 Å². The third kappa shape index (κ3) is 3.18. The fourth-order valence-electron chi connectivity index (χ4n) is 3.43. The van der Waals surface area contributed by atoms with Gasteiger partial charge in [-0.3, -0.25) is 9.59 Å². The summed E-state index contributed by atoms with van der Waals surface area (Å²) in [5.41, 5.74) is 2.07. The Morgan fingerprint density at radius 2 is 1.93 bits per heavy atom. The van der Waals surface area contributed by atoms with E-state index >= 15 is 0 Å². The molecule has 2 heterocycles. The average molecular weight is 396 g/mol. The van der Waals surface area contributed by atoms with Crippen LogP contribution >= 0.6 is 11.3 Å². The molecule has 0 bridgehead atoms. The molecule has 0 N–H and O–H groups in total. The minimum atomic E-state index is -0.394. The number of hydrogen-bond donors (Lipinski definition) is 0. The van der Waals surface area contributed by atoms with E-state index in [1.165, 1.54) is 24.5 Å². The Balaban J connectivity index is 1.66. The Labute approximate surface area is 165 Å². The van der Waals surface area contributed by atoms with Crippen LogP contribution in [0.25, 0.3) is 10.6 Å². The highest BCUT2D eigenvalue weighted by Crippen LogP contribution is 2.37. The number of esters is 1. The van der Waals surface area contributed by atoms with E-state index in [0.717, 1.165) is 5.56 Å². The number of carbonyl (C=O) groups is 2. The van der Waals surface area contributed by atoms with Crippen molar-refractivity contribution in [2.24, 2.45) is 0 Å². The number of benzene rings is 2. The molecular formula is C21H17FN2O3S. The average Bonchev–Trinajstić information content (AvgIpc) is 3.22. The van der Waals surface area contributed by atoms with Gasteiger partial charge in [0, 0.05) is 23.2 Å². The number of para-hydroxylation sites is 1. The molecule has 0 spiro atoms. The highest BCUT2D eigenvalue weighted by atomic mass is 32.1. The minimum Gasteiger partial charge on any atom is -0.469 e. The van der Waals surface area contributed by atoms with Crippen LogP contribution in [-0.4, -0.2) is 30.5 Å². The monoisotopic (exact) mass is 396 g/mol. The zero-order valence-electron chi connectivity index (χ0n) is 15.1. The predicted molar refractivity (Wildman–Crippen MR) is 105 cm³/mol. The second-order valence-electron chi connectivity index (χ2n) is 6.40. The van der Waals surface area contributed by atoms with Gasteiger partial charge in [-0.2, -0.15) is 0 Å². The molecule has 5 nitrogen and oxygen atoms in total. The lowest BCUT2D eigenvalue weighted by molar-refractivity contribution is -0.142. The van der Waals surface area contributed by atoms with Crippen molar-refractivity contribution >= 4 is 28.9 Å². The summed E-state index contributed by atoms with van der Waals surface area (Å²) in [6, 6.07) is 13.7. The van der Waals surface area contributed by atoms with E-state index in [2.05, 4.69) is 4.98 Å². The van der Waals surface area contributed by atoms with Crippen LogP contribution in [0.5, 0.6) is 0 Å².